The van der Waals surface area contributed by atoms with Crippen LogP contribution in [-0.4, -0.2) is 23.3 Å². The van der Waals surface area contributed by atoms with Gasteiger partial charge in [-0.1, -0.05) is 68.3 Å². The van der Waals surface area contributed by atoms with Crippen LogP contribution in [0, 0.1) is 28.1 Å². The lowest BCUT2D eigenvalue weighted by Crippen LogP contribution is -2.51. The summed E-state index contributed by atoms with van der Waals surface area (Å²) in [5, 5.41) is 9.98. The third-order valence-electron chi connectivity index (χ3n) is 10.0. The summed E-state index contributed by atoms with van der Waals surface area (Å²) in [5.41, 5.74) is 3.29. The number of carbonyl (C=O) groups is 2. The Morgan fingerprint density at radius 2 is 1.87 bits per heavy atom. The molecular formula is C28H34O3. The van der Waals surface area contributed by atoms with Crippen LogP contribution in [0.2, 0.25) is 0 Å². The highest BCUT2D eigenvalue weighted by Gasteiger charge is 2.66. The zero-order valence-electron chi connectivity index (χ0n) is 19.0. The Balaban J connectivity index is 1.61. The van der Waals surface area contributed by atoms with Gasteiger partial charge in [0.25, 0.3) is 0 Å². The molecule has 2 saturated carbocycles. The Morgan fingerprint density at radius 1 is 1.13 bits per heavy atom. The molecule has 0 bridgehead atoms. The van der Waals surface area contributed by atoms with Crippen molar-refractivity contribution in [2.75, 3.05) is 6.61 Å². The standard InChI is InChI=1S/C28H34O3/c1-26-13-11-20(30)15-19(26)9-10-21-22(26)12-14-27(2)24(21)16-23(18-7-5-4-6-8-18)28(27,3)25(31)17-29/h4-8,12,15,21,23-24,29H,9-11,13-14,16-17H2,1-3H3/t21?,23-,24?,26+,27+,28-/m1/s1. The Hall–Kier alpha value is -2.00. The second-order valence-electron chi connectivity index (χ2n) is 11.0. The van der Waals surface area contributed by atoms with Gasteiger partial charge < -0.3 is 5.11 Å². The fraction of sp³-hybridized carbons (Fsp3) is 0.571. The van der Waals surface area contributed by atoms with Gasteiger partial charge in [-0.05, 0) is 66.9 Å². The molecule has 1 aromatic carbocycles. The maximum absolute atomic E-state index is 13.3. The van der Waals surface area contributed by atoms with Gasteiger partial charge in [-0.2, -0.15) is 0 Å². The lowest BCUT2D eigenvalue weighted by molar-refractivity contribution is -0.139. The van der Waals surface area contributed by atoms with E-state index in [1.807, 2.05) is 12.1 Å². The number of Topliss-reactive ketones (excluding diaryl/α,β-unsaturated/α-hetero) is 1. The van der Waals surface area contributed by atoms with Crippen LogP contribution >= 0.6 is 0 Å². The molecule has 4 aliphatic carbocycles. The van der Waals surface area contributed by atoms with Crippen molar-refractivity contribution >= 4 is 11.6 Å². The van der Waals surface area contributed by atoms with E-state index in [1.165, 1.54) is 16.7 Å². The van der Waals surface area contributed by atoms with Crippen molar-refractivity contribution < 1.29 is 14.7 Å². The minimum atomic E-state index is -0.588. The Bertz CT molecular complexity index is 989. The molecule has 2 fully saturated rings. The van der Waals surface area contributed by atoms with E-state index >= 15 is 0 Å². The SMILES string of the molecule is C[C@]12CCC(=O)C=C1CCC1C2=CC[C@@]2(C)C1C[C@H](c1ccccc1)[C@]2(C)C(=O)CO. The molecule has 0 spiro atoms. The average molecular weight is 419 g/mol. The number of carbonyl (C=O) groups excluding carboxylic acids is 2. The fourth-order valence-corrected chi connectivity index (χ4v) is 7.97. The van der Waals surface area contributed by atoms with Crippen molar-refractivity contribution in [3.63, 3.8) is 0 Å². The van der Waals surface area contributed by atoms with E-state index in [1.54, 1.807) is 0 Å². The molecule has 3 heteroatoms. The monoisotopic (exact) mass is 418 g/mol. The van der Waals surface area contributed by atoms with Crippen LogP contribution in [0.4, 0.5) is 0 Å². The van der Waals surface area contributed by atoms with Gasteiger partial charge in [0.05, 0.1) is 0 Å². The molecule has 0 radical (unpaired) electrons. The van der Waals surface area contributed by atoms with E-state index < -0.39 is 12.0 Å². The molecule has 4 aliphatic rings. The summed E-state index contributed by atoms with van der Waals surface area (Å²) in [6.07, 6.45) is 9.81. The van der Waals surface area contributed by atoms with Gasteiger partial charge in [0.15, 0.2) is 11.6 Å². The summed E-state index contributed by atoms with van der Waals surface area (Å²) in [5.74, 6) is 1.24. The molecule has 0 saturated heterocycles. The third kappa shape index (κ3) is 2.68. The molecule has 0 aromatic heterocycles. The zero-order chi connectivity index (χ0) is 22.0. The molecule has 164 valence electrons. The lowest BCUT2D eigenvalue weighted by atomic mass is 9.48. The van der Waals surface area contributed by atoms with Gasteiger partial charge in [-0.25, -0.2) is 0 Å². The second kappa shape index (κ2) is 7.00. The van der Waals surface area contributed by atoms with Crippen LogP contribution in [0.5, 0.6) is 0 Å². The first-order chi connectivity index (χ1) is 14.8. The number of rotatable bonds is 3. The Morgan fingerprint density at radius 3 is 2.58 bits per heavy atom. The van der Waals surface area contributed by atoms with Gasteiger partial charge in [0, 0.05) is 17.3 Å². The highest BCUT2D eigenvalue weighted by atomic mass is 16.3. The highest BCUT2D eigenvalue weighted by Crippen LogP contribution is 2.71. The van der Waals surface area contributed by atoms with Crippen LogP contribution in [0.25, 0.3) is 0 Å². The smallest absolute Gasteiger partial charge is 0.165 e. The topological polar surface area (TPSA) is 54.4 Å². The van der Waals surface area contributed by atoms with E-state index in [4.69, 9.17) is 0 Å². The third-order valence-corrected chi connectivity index (χ3v) is 10.0. The maximum Gasteiger partial charge on any atom is 0.165 e. The van der Waals surface area contributed by atoms with Gasteiger partial charge >= 0.3 is 0 Å². The second-order valence-corrected chi connectivity index (χ2v) is 11.0. The quantitative estimate of drug-likeness (QED) is 0.669. The van der Waals surface area contributed by atoms with Crippen molar-refractivity contribution in [1.29, 1.82) is 0 Å². The summed E-state index contributed by atoms with van der Waals surface area (Å²) >= 11 is 0. The van der Waals surface area contributed by atoms with Gasteiger partial charge in [-0.3, -0.25) is 9.59 Å². The molecule has 0 aliphatic heterocycles. The highest BCUT2D eigenvalue weighted by molar-refractivity contribution is 5.92. The maximum atomic E-state index is 13.3. The predicted molar refractivity (Wildman–Crippen MR) is 121 cm³/mol. The van der Waals surface area contributed by atoms with Gasteiger partial charge in [0.1, 0.15) is 6.61 Å². The number of fused-ring (bicyclic) bond motifs is 5. The molecule has 5 rings (SSSR count). The molecule has 0 heterocycles. The fourth-order valence-electron chi connectivity index (χ4n) is 7.97. The molecule has 0 amide bonds. The van der Waals surface area contributed by atoms with Gasteiger partial charge in [0.2, 0.25) is 0 Å². The zero-order valence-corrected chi connectivity index (χ0v) is 19.0. The van der Waals surface area contributed by atoms with Crippen molar-refractivity contribution in [3.05, 3.63) is 59.2 Å². The summed E-state index contributed by atoms with van der Waals surface area (Å²) in [6.45, 7) is 6.38. The van der Waals surface area contributed by atoms with Crippen LogP contribution in [0.1, 0.15) is 70.8 Å². The van der Waals surface area contributed by atoms with Crippen LogP contribution in [0.3, 0.4) is 0 Å². The number of allylic oxidation sites excluding steroid dienone is 4. The van der Waals surface area contributed by atoms with Crippen LogP contribution in [0.15, 0.2) is 53.6 Å². The molecular weight excluding hydrogens is 384 g/mol. The van der Waals surface area contributed by atoms with Crippen LogP contribution < -0.4 is 0 Å². The first-order valence-corrected chi connectivity index (χ1v) is 11.9. The minimum absolute atomic E-state index is 0.000376. The Kier molecular flexibility index (Phi) is 4.71. The normalized spacial score (nSPS) is 41.5. The summed E-state index contributed by atoms with van der Waals surface area (Å²) < 4.78 is 0. The molecule has 1 N–H and O–H groups in total. The van der Waals surface area contributed by atoms with Gasteiger partial charge in [-0.15, -0.1) is 0 Å². The number of hydrogen-bond donors (Lipinski definition) is 1. The first-order valence-electron chi connectivity index (χ1n) is 11.9. The predicted octanol–water partition coefficient (Wildman–Crippen LogP) is 5.40. The van der Waals surface area contributed by atoms with E-state index in [0.29, 0.717) is 18.3 Å². The van der Waals surface area contributed by atoms with Crippen molar-refractivity contribution in [1.82, 2.24) is 0 Å². The summed E-state index contributed by atoms with van der Waals surface area (Å²) in [6, 6.07) is 10.4. The summed E-state index contributed by atoms with van der Waals surface area (Å²) in [4.78, 5) is 25.4. The summed E-state index contributed by atoms with van der Waals surface area (Å²) in [7, 11) is 0. The lowest BCUT2D eigenvalue weighted by Gasteiger charge is -2.55. The van der Waals surface area contributed by atoms with E-state index in [0.717, 1.165) is 32.1 Å². The molecule has 31 heavy (non-hydrogen) atoms. The molecule has 6 atom stereocenters. The van der Waals surface area contributed by atoms with Crippen LogP contribution in [-0.2, 0) is 9.59 Å². The van der Waals surface area contributed by atoms with E-state index in [-0.39, 0.29) is 28.3 Å². The number of aliphatic hydroxyl groups is 1. The van der Waals surface area contributed by atoms with Crippen molar-refractivity contribution in [2.24, 2.45) is 28.1 Å². The number of aliphatic hydroxyl groups excluding tert-OH is 1. The van der Waals surface area contributed by atoms with E-state index in [9.17, 15) is 14.7 Å². The largest absolute Gasteiger partial charge is 0.389 e. The average Bonchev–Trinajstić information content (AvgIpc) is 3.02. The van der Waals surface area contributed by atoms with Crippen molar-refractivity contribution in [2.45, 2.75) is 65.2 Å². The Labute approximate surface area is 185 Å². The number of benzene rings is 1. The molecule has 1 aromatic rings. The molecule has 2 unspecified atom stereocenters. The number of ketones is 2. The van der Waals surface area contributed by atoms with Crippen molar-refractivity contribution in [3.8, 4) is 0 Å². The van der Waals surface area contributed by atoms with E-state index in [2.05, 4.69) is 51.1 Å². The molecule has 3 nitrogen and oxygen atoms in total. The number of hydrogen-bond acceptors (Lipinski definition) is 3. The first kappa shape index (κ1) is 20.9. The minimum Gasteiger partial charge on any atom is -0.389 e.